The third-order valence-electron chi connectivity index (χ3n) is 3.29. The highest BCUT2D eigenvalue weighted by atomic mass is 16.5. The topological polar surface area (TPSA) is 57.2 Å². The van der Waals surface area contributed by atoms with Gasteiger partial charge in [0, 0.05) is 24.2 Å². The van der Waals surface area contributed by atoms with Crippen LogP contribution in [0.2, 0.25) is 0 Å². The first-order valence-electron chi connectivity index (χ1n) is 6.74. The fraction of sp³-hybridized carbons (Fsp3) is 0.312. The molecular weight excluding hydrogens is 252 g/mol. The normalized spacial score (nSPS) is 12.2. The highest BCUT2D eigenvalue weighted by Gasteiger charge is 2.13. The summed E-state index contributed by atoms with van der Waals surface area (Å²) in [6.07, 6.45) is 0. The summed E-state index contributed by atoms with van der Waals surface area (Å²) < 4.78 is 7.25. The van der Waals surface area contributed by atoms with Gasteiger partial charge >= 0.3 is 0 Å². The van der Waals surface area contributed by atoms with Crippen LogP contribution in [0.15, 0.2) is 41.2 Å². The second-order valence-electron chi connectivity index (χ2n) is 4.76. The molecule has 0 saturated carbocycles. The molecule has 1 atom stereocenters. The molecule has 0 bridgehead atoms. The van der Waals surface area contributed by atoms with Gasteiger partial charge in [0.2, 0.25) is 0 Å². The largest absolute Gasteiger partial charge is 0.493 e. The Labute approximate surface area is 118 Å². The molecule has 20 heavy (non-hydrogen) atoms. The van der Waals surface area contributed by atoms with E-state index in [1.54, 1.807) is 17.7 Å². The number of benzene rings is 1. The Balaban J connectivity index is 2.60. The van der Waals surface area contributed by atoms with Crippen molar-refractivity contribution >= 4 is 0 Å². The molecule has 4 heteroatoms. The van der Waals surface area contributed by atoms with E-state index in [1.165, 1.54) is 0 Å². The van der Waals surface area contributed by atoms with E-state index in [2.05, 4.69) is 0 Å². The average Bonchev–Trinajstić information content (AvgIpc) is 2.43. The van der Waals surface area contributed by atoms with Crippen molar-refractivity contribution in [3.63, 3.8) is 0 Å². The van der Waals surface area contributed by atoms with E-state index in [0.29, 0.717) is 12.2 Å². The first-order chi connectivity index (χ1) is 9.56. The van der Waals surface area contributed by atoms with Gasteiger partial charge in [-0.2, -0.15) is 0 Å². The molecule has 0 saturated heterocycles. The molecule has 4 nitrogen and oxygen atoms in total. The number of ether oxygens (including phenoxy) is 1. The van der Waals surface area contributed by atoms with Gasteiger partial charge in [-0.25, -0.2) is 0 Å². The zero-order valence-corrected chi connectivity index (χ0v) is 12.1. The van der Waals surface area contributed by atoms with E-state index in [4.69, 9.17) is 10.5 Å². The zero-order chi connectivity index (χ0) is 14.7. The van der Waals surface area contributed by atoms with Crippen LogP contribution < -0.4 is 16.0 Å². The number of hydrogen-bond donors (Lipinski definition) is 1. The number of rotatable bonds is 4. The van der Waals surface area contributed by atoms with Crippen molar-refractivity contribution in [2.45, 2.75) is 19.9 Å². The third-order valence-corrected chi connectivity index (χ3v) is 3.29. The van der Waals surface area contributed by atoms with Gasteiger partial charge in [-0.05, 0) is 38.1 Å². The summed E-state index contributed by atoms with van der Waals surface area (Å²) in [6.45, 7) is 4.34. The monoisotopic (exact) mass is 272 g/mol. The van der Waals surface area contributed by atoms with Crippen molar-refractivity contribution in [3.8, 4) is 17.0 Å². The summed E-state index contributed by atoms with van der Waals surface area (Å²) in [5, 5.41) is 0. The van der Waals surface area contributed by atoms with Gasteiger partial charge in [0.15, 0.2) is 0 Å². The molecule has 0 radical (unpaired) electrons. The molecule has 0 aliphatic rings. The second kappa shape index (κ2) is 5.92. The predicted octanol–water partition coefficient (Wildman–Crippen LogP) is 2.47. The quantitative estimate of drug-likeness (QED) is 0.930. The fourth-order valence-electron chi connectivity index (χ4n) is 2.23. The maximum absolute atomic E-state index is 12.3. The van der Waals surface area contributed by atoms with Gasteiger partial charge in [-0.3, -0.25) is 4.79 Å². The van der Waals surface area contributed by atoms with Crippen LogP contribution in [-0.2, 0) is 7.05 Å². The fourth-order valence-corrected chi connectivity index (χ4v) is 2.23. The average molecular weight is 272 g/mol. The lowest BCUT2D eigenvalue weighted by molar-refractivity contribution is 0.341. The molecule has 2 rings (SSSR count). The molecule has 2 N–H and O–H groups in total. The Morgan fingerprint density at radius 2 is 1.95 bits per heavy atom. The van der Waals surface area contributed by atoms with Crippen LogP contribution in [0, 0.1) is 0 Å². The maximum atomic E-state index is 12.3. The summed E-state index contributed by atoms with van der Waals surface area (Å²) in [5.41, 5.74) is 8.09. The van der Waals surface area contributed by atoms with Gasteiger partial charge < -0.3 is 15.0 Å². The molecule has 0 spiro atoms. The van der Waals surface area contributed by atoms with Crippen LogP contribution in [0.1, 0.15) is 25.5 Å². The van der Waals surface area contributed by atoms with E-state index < -0.39 is 0 Å². The summed E-state index contributed by atoms with van der Waals surface area (Å²) in [4.78, 5) is 12.3. The Hall–Kier alpha value is -2.07. The van der Waals surface area contributed by atoms with Crippen molar-refractivity contribution in [1.29, 1.82) is 0 Å². The maximum Gasteiger partial charge on any atom is 0.255 e. The first-order valence-corrected chi connectivity index (χ1v) is 6.74. The Bertz CT molecular complexity index is 660. The van der Waals surface area contributed by atoms with Gasteiger partial charge in [0.25, 0.3) is 5.56 Å². The highest BCUT2D eigenvalue weighted by Crippen LogP contribution is 2.29. The van der Waals surface area contributed by atoms with Crippen LogP contribution in [0.3, 0.4) is 0 Å². The van der Waals surface area contributed by atoms with Crippen molar-refractivity contribution in [2.24, 2.45) is 12.8 Å². The highest BCUT2D eigenvalue weighted by molar-refractivity contribution is 5.67. The van der Waals surface area contributed by atoms with Crippen molar-refractivity contribution in [3.05, 3.63) is 52.3 Å². The molecule has 2 aromatic rings. The molecule has 1 heterocycles. The number of nitrogens with zero attached hydrogens (tertiary/aromatic N) is 1. The minimum Gasteiger partial charge on any atom is -0.493 e. The SMILES string of the molecule is CCOc1ccccc1-c1ccc(C(C)N)c(=O)n1C. The second-order valence-corrected chi connectivity index (χ2v) is 4.76. The Morgan fingerprint density at radius 1 is 1.25 bits per heavy atom. The first kappa shape index (κ1) is 14.3. The van der Waals surface area contributed by atoms with Crippen LogP contribution in [0.4, 0.5) is 0 Å². The summed E-state index contributed by atoms with van der Waals surface area (Å²) >= 11 is 0. The lowest BCUT2D eigenvalue weighted by Gasteiger charge is -2.15. The van der Waals surface area contributed by atoms with E-state index in [0.717, 1.165) is 17.0 Å². The van der Waals surface area contributed by atoms with E-state index in [1.807, 2.05) is 44.2 Å². The number of hydrogen-bond acceptors (Lipinski definition) is 3. The van der Waals surface area contributed by atoms with Gasteiger partial charge in [0.05, 0.1) is 12.3 Å². The minimum absolute atomic E-state index is 0.0659. The lowest BCUT2D eigenvalue weighted by Crippen LogP contribution is -2.26. The van der Waals surface area contributed by atoms with Crippen molar-refractivity contribution in [1.82, 2.24) is 4.57 Å². The predicted molar refractivity (Wildman–Crippen MR) is 80.9 cm³/mol. The number of para-hydroxylation sites is 1. The Kier molecular flexibility index (Phi) is 4.25. The minimum atomic E-state index is -0.273. The summed E-state index contributed by atoms with van der Waals surface area (Å²) in [5.74, 6) is 0.776. The molecule has 0 fully saturated rings. The molecule has 0 aliphatic heterocycles. The van der Waals surface area contributed by atoms with Gasteiger partial charge in [-0.15, -0.1) is 0 Å². The summed E-state index contributed by atoms with van der Waals surface area (Å²) in [7, 11) is 1.76. The number of pyridine rings is 1. The molecule has 1 unspecified atom stereocenters. The molecule has 1 aromatic carbocycles. The number of nitrogens with two attached hydrogens (primary N) is 1. The van der Waals surface area contributed by atoms with Crippen LogP contribution in [0.5, 0.6) is 5.75 Å². The third kappa shape index (κ3) is 2.60. The van der Waals surface area contributed by atoms with Gasteiger partial charge in [-0.1, -0.05) is 12.1 Å². The number of aromatic nitrogens is 1. The summed E-state index contributed by atoms with van der Waals surface area (Å²) in [6, 6.07) is 11.1. The molecule has 0 aliphatic carbocycles. The zero-order valence-electron chi connectivity index (χ0n) is 12.1. The van der Waals surface area contributed by atoms with E-state index >= 15 is 0 Å². The molecule has 1 aromatic heterocycles. The van der Waals surface area contributed by atoms with E-state index in [-0.39, 0.29) is 11.6 Å². The van der Waals surface area contributed by atoms with Crippen LogP contribution >= 0.6 is 0 Å². The van der Waals surface area contributed by atoms with E-state index in [9.17, 15) is 4.79 Å². The van der Waals surface area contributed by atoms with Gasteiger partial charge in [0.1, 0.15) is 5.75 Å². The standard InChI is InChI=1S/C16H20N2O2/c1-4-20-15-8-6-5-7-13(15)14-10-9-12(11(2)17)16(19)18(14)3/h5-11H,4,17H2,1-3H3. The molecule has 0 amide bonds. The van der Waals surface area contributed by atoms with Crippen LogP contribution in [0.25, 0.3) is 11.3 Å². The Morgan fingerprint density at radius 3 is 2.60 bits per heavy atom. The lowest BCUT2D eigenvalue weighted by atomic mass is 10.1. The smallest absolute Gasteiger partial charge is 0.255 e. The molecule has 106 valence electrons. The van der Waals surface area contributed by atoms with Crippen molar-refractivity contribution in [2.75, 3.05) is 6.61 Å². The van der Waals surface area contributed by atoms with Crippen molar-refractivity contribution < 1.29 is 4.74 Å². The van der Waals surface area contributed by atoms with Crippen LogP contribution in [-0.4, -0.2) is 11.2 Å². The molecular formula is C16H20N2O2.